The zero-order valence-corrected chi connectivity index (χ0v) is 15.0. The van der Waals surface area contributed by atoms with Crippen LogP contribution >= 0.6 is 11.6 Å². The van der Waals surface area contributed by atoms with E-state index in [1.54, 1.807) is 0 Å². The van der Waals surface area contributed by atoms with Gasteiger partial charge in [-0.1, -0.05) is 17.7 Å². The van der Waals surface area contributed by atoms with Gasteiger partial charge in [-0.3, -0.25) is 4.79 Å². The zero-order valence-electron chi connectivity index (χ0n) is 14.2. The van der Waals surface area contributed by atoms with Crippen LogP contribution in [-0.4, -0.2) is 30.1 Å². The van der Waals surface area contributed by atoms with Crippen molar-refractivity contribution >= 4 is 17.5 Å². The van der Waals surface area contributed by atoms with Gasteiger partial charge in [-0.15, -0.1) is 0 Å². The van der Waals surface area contributed by atoms with Crippen LogP contribution in [0.5, 0.6) is 0 Å². The molecule has 1 aliphatic heterocycles. The van der Waals surface area contributed by atoms with Crippen molar-refractivity contribution in [2.75, 3.05) is 19.6 Å². The summed E-state index contributed by atoms with van der Waals surface area (Å²) in [4.78, 5) is 12.6. The SMILES string of the molecule is Cc1cc(C(=O)NCC2CCCNC2)c(C)n1-c1cccc(Cl)c1. The van der Waals surface area contributed by atoms with E-state index in [2.05, 4.69) is 15.2 Å². The minimum absolute atomic E-state index is 0.00181. The van der Waals surface area contributed by atoms with Gasteiger partial charge in [-0.05, 0) is 70.0 Å². The van der Waals surface area contributed by atoms with Crippen molar-refractivity contribution in [2.24, 2.45) is 5.92 Å². The number of piperidine rings is 1. The fraction of sp³-hybridized carbons (Fsp3) is 0.421. The van der Waals surface area contributed by atoms with E-state index in [1.807, 2.05) is 44.2 Å². The number of amides is 1. The minimum Gasteiger partial charge on any atom is -0.352 e. The lowest BCUT2D eigenvalue weighted by Crippen LogP contribution is -2.38. The molecule has 1 aromatic heterocycles. The summed E-state index contributed by atoms with van der Waals surface area (Å²) < 4.78 is 2.07. The van der Waals surface area contributed by atoms with Gasteiger partial charge in [0.2, 0.25) is 0 Å². The summed E-state index contributed by atoms with van der Waals surface area (Å²) in [7, 11) is 0. The molecular formula is C19H24ClN3O. The minimum atomic E-state index is 0.00181. The van der Waals surface area contributed by atoms with Crippen molar-refractivity contribution in [1.82, 2.24) is 15.2 Å². The van der Waals surface area contributed by atoms with E-state index < -0.39 is 0 Å². The van der Waals surface area contributed by atoms with Crippen LogP contribution in [0.3, 0.4) is 0 Å². The first kappa shape index (κ1) is 17.1. The monoisotopic (exact) mass is 345 g/mol. The first-order valence-corrected chi connectivity index (χ1v) is 8.88. The molecule has 24 heavy (non-hydrogen) atoms. The van der Waals surface area contributed by atoms with Gasteiger partial charge in [0.15, 0.2) is 0 Å². The molecule has 0 bridgehead atoms. The molecule has 2 aromatic rings. The summed E-state index contributed by atoms with van der Waals surface area (Å²) in [5.74, 6) is 0.529. The number of aryl methyl sites for hydroxylation is 1. The Kier molecular flexibility index (Phi) is 5.27. The van der Waals surface area contributed by atoms with Crippen LogP contribution in [-0.2, 0) is 0 Å². The highest BCUT2D eigenvalue weighted by Crippen LogP contribution is 2.23. The molecule has 128 valence electrons. The molecule has 3 rings (SSSR count). The molecule has 1 atom stereocenters. The number of benzene rings is 1. The second kappa shape index (κ2) is 7.41. The van der Waals surface area contributed by atoms with E-state index in [0.717, 1.165) is 42.3 Å². The van der Waals surface area contributed by atoms with Gasteiger partial charge in [-0.2, -0.15) is 0 Å². The second-order valence-electron chi connectivity index (χ2n) is 6.52. The lowest BCUT2D eigenvalue weighted by molar-refractivity contribution is 0.0944. The van der Waals surface area contributed by atoms with Crippen LogP contribution in [0.4, 0.5) is 0 Å². The van der Waals surface area contributed by atoms with Crippen LogP contribution in [0.2, 0.25) is 5.02 Å². The number of hydrogen-bond acceptors (Lipinski definition) is 2. The molecule has 0 aliphatic carbocycles. The van der Waals surface area contributed by atoms with E-state index in [1.165, 1.54) is 12.8 Å². The van der Waals surface area contributed by atoms with Crippen molar-refractivity contribution < 1.29 is 4.79 Å². The fourth-order valence-corrected chi connectivity index (χ4v) is 3.62. The van der Waals surface area contributed by atoms with Gasteiger partial charge < -0.3 is 15.2 Å². The normalized spacial score (nSPS) is 17.7. The Morgan fingerprint density at radius 3 is 2.92 bits per heavy atom. The van der Waals surface area contributed by atoms with Crippen LogP contribution in [0.15, 0.2) is 30.3 Å². The Bertz CT molecular complexity index is 732. The number of nitrogens with one attached hydrogen (secondary N) is 2. The average molecular weight is 346 g/mol. The summed E-state index contributed by atoms with van der Waals surface area (Å²) in [6, 6.07) is 9.64. The number of aromatic nitrogens is 1. The molecule has 5 heteroatoms. The van der Waals surface area contributed by atoms with Crippen molar-refractivity contribution in [3.8, 4) is 5.69 Å². The van der Waals surface area contributed by atoms with Gasteiger partial charge in [-0.25, -0.2) is 0 Å². The maximum Gasteiger partial charge on any atom is 0.253 e. The van der Waals surface area contributed by atoms with E-state index in [9.17, 15) is 4.79 Å². The smallest absolute Gasteiger partial charge is 0.253 e. The van der Waals surface area contributed by atoms with Crippen molar-refractivity contribution in [2.45, 2.75) is 26.7 Å². The average Bonchev–Trinajstić information content (AvgIpc) is 2.88. The van der Waals surface area contributed by atoms with Gasteiger partial charge in [0.1, 0.15) is 0 Å². The Balaban J connectivity index is 1.76. The number of carbonyl (C=O) groups excluding carboxylic acids is 1. The summed E-state index contributed by atoms with van der Waals surface area (Å²) in [6.45, 7) is 6.79. The predicted molar refractivity (Wildman–Crippen MR) is 98.2 cm³/mol. The standard InChI is InChI=1S/C19H24ClN3O/c1-13-9-18(19(24)22-12-15-5-4-8-21-11-15)14(2)23(13)17-7-3-6-16(20)10-17/h3,6-7,9-10,15,21H,4-5,8,11-12H2,1-2H3,(H,22,24). The Hall–Kier alpha value is -1.78. The van der Waals surface area contributed by atoms with E-state index >= 15 is 0 Å². The Morgan fingerprint density at radius 1 is 1.38 bits per heavy atom. The number of nitrogens with zero attached hydrogens (tertiary/aromatic N) is 1. The van der Waals surface area contributed by atoms with E-state index in [0.29, 0.717) is 10.9 Å². The van der Waals surface area contributed by atoms with Gasteiger partial charge >= 0.3 is 0 Å². The molecule has 0 radical (unpaired) electrons. The maximum atomic E-state index is 12.6. The third kappa shape index (κ3) is 3.65. The van der Waals surface area contributed by atoms with Crippen LogP contribution in [0.1, 0.15) is 34.6 Å². The molecule has 2 heterocycles. The second-order valence-corrected chi connectivity index (χ2v) is 6.96. The molecule has 1 aromatic carbocycles. The molecule has 0 spiro atoms. The van der Waals surface area contributed by atoms with Crippen molar-refractivity contribution in [1.29, 1.82) is 0 Å². The highest BCUT2D eigenvalue weighted by molar-refractivity contribution is 6.30. The molecule has 1 fully saturated rings. The molecule has 0 saturated carbocycles. The first-order valence-electron chi connectivity index (χ1n) is 8.50. The first-order chi connectivity index (χ1) is 11.6. The number of carbonyl (C=O) groups is 1. The quantitative estimate of drug-likeness (QED) is 0.891. The van der Waals surface area contributed by atoms with Gasteiger partial charge in [0, 0.05) is 28.6 Å². The summed E-state index contributed by atoms with van der Waals surface area (Å²) in [5, 5.41) is 7.17. The number of halogens is 1. The van der Waals surface area contributed by atoms with Crippen molar-refractivity contribution in [3.05, 3.63) is 52.3 Å². The molecule has 2 N–H and O–H groups in total. The van der Waals surface area contributed by atoms with E-state index in [4.69, 9.17) is 11.6 Å². The summed E-state index contributed by atoms with van der Waals surface area (Å²) in [5.41, 5.74) is 3.68. The number of hydrogen-bond donors (Lipinski definition) is 2. The predicted octanol–water partition coefficient (Wildman–Crippen LogP) is 3.48. The summed E-state index contributed by atoms with van der Waals surface area (Å²) in [6.07, 6.45) is 2.36. The highest BCUT2D eigenvalue weighted by atomic mass is 35.5. The fourth-order valence-electron chi connectivity index (χ4n) is 3.44. The lowest BCUT2D eigenvalue weighted by atomic mass is 10.00. The largest absolute Gasteiger partial charge is 0.352 e. The zero-order chi connectivity index (χ0) is 17.1. The van der Waals surface area contributed by atoms with Crippen molar-refractivity contribution in [3.63, 3.8) is 0 Å². The highest BCUT2D eigenvalue weighted by Gasteiger charge is 2.19. The van der Waals surface area contributed by atoms with Gasteiger partial charge in [0.25, 0.3) is 5.91 Å². The van der Waals surface area contributed by atoms with Crippen LogP contribution in [0.25, 0.3) is 5.69 Å². The maximum absolute atomic E-state index is 12.6. The summed E-state index contributed by atoms with van der Waals surface area (Å²) >= 11 is 6.11. The lowest BCUT2D eigenvalue weighted by Gasteiger charge is -2.22. The molecule has 1 amide bonds. The van der Waals surface area contributed by atoms with Crippen LogP contribution < -0.4 is 10.6 Å². The number of rotatable bonds is 4. The molecular weight excluding hydrogens is 322 g/mol. The molecule has 1 unspecified atom stereocenters. The molecule has 1 saturated heterocycles. The topological polar surface area (TPSA) is 46.1 Å². The third-order valence-electron chi connectivity index (χ3n) is 4.69. The molecule has 1 aliphatic rings. The van der Waals surface area contributed by atoms with Gasteiger partial charge in [0.05, 0.1) is 5.56 Å². The Labute approximate surface area is 148 Å². The third-order valence-corrected chi connectivity index (χ3v) is 4.93. The Morgan fingerprint density at radius 2 is 2.21 bits per heavy atom. The van der Waals surface area contributed by atoms with Crippen LogP contribution in [0, 0.1) is 19.8 Å². The van der Waals surface area contributed by atoms with E-state index in [-0.39, 0.29) is 5.91 Å². The molecule has 4 nitrogen and oxygen atoms in total.